The number of amides is 3. The van der Waals surface area contributed by atoms with E-state index in [0.29, 0.717) is 44.0 Å². The lowest BCUT2D eigenvalue weighted by atomic mass is 10.2. The highest BCUT2D eigenvalue weighted by Gasteiger charge is 2.27. The molecule has 1 atom stereocenters. The Morgan fingerprint density at radius 1 is 1.08 bits per heavy atom. The number of para-hydroxylation sites is 2. The summed E-state index contributed by atoms with van der Waals surface area (Å²) in [4.78, 5) is 40.4. The number of benzene rings is 2. The van der Waals surface area contributed by atoms with E-state index in [1.807, 2.05) is 24.3 Å². The number of hydrazone groups is 1. The van der Waals surface area contributed by atoms with Gasteiger partial charge in [-0.15, -0.1) is 0 Å². The molecule has 2 aliphatic heterocycles. The van der Waals surface area contributed by atoms with Gasteiger partial charge in [0.15, 0.2) is 6.61 Å². The molecule has 11 heteroatoms. The number of methoxy groups -OCH3 is 1. The van der Waals surface area contributed by atoms with Gasteiger partial charge in [0.2, 0.25) is 0 Å². The fraction of sp³-hybridized carbons (Fsp3) is 0.407. The molecule has 0 radical (unpaired) electrons. The molecule has 2 heterocycles. The van der Waals surface area contributed by atoms with Gasteiger partial charge in [-0.25, -0.2) is 5.43 Å². The van der Waals surface area contributed by atoms with Crippen LogP contribution in [-0.4, -0.2) is 88.0 Å². The van der Waals surface area contributed by atoms with E-state index in [1.54, 1.807) is 31.4 Å². The third-order valence-corrected chi connectivity index (χ3v) is 6.37. The molecule has 0 aliphatic carbocycles. The molecule has 0 aromatic heterocycles. The molecule has 2 N–H and O–H groups in total. The van der Waals surface area contributed by atoms with Crippen LogP contribution < -0.4 is 25.1 Å². The SMILES string of the molecule is COc1ccccc1N1CCN(C(=O)C(=O)N/N=C\c2ccc(OCC(=O)NC[C@H]3CCCO3)cc2)CC1. The van der Waals surface area contributed by atoms with E-state index in [1.165, 1.54) is 11.1 Å². The zero-order valence-electron chi connectivity index (χ0n) is 21.4. The van der Waals surface area contributed by atoms with Crippen LogP contribution in [0.1, 0.15) is 18.4 Å². The monoisotopic (exact) mass is 523 g/mol. The number of carbonyl (C=O) groups is 3. The molecule has 0 bridgehead atoms. The Hall–Kier alpha value is -4.12. The number of piperazine rings is 1. The second-order valence-corrected chi connectivity index (χ2v) is 8.95. The van der Waals surface area contributed by atoms with Gasteiger partial charge in [0.1, 0.15) is 11.5 Å². The summed E-state index contributed by atoms with van der Waals surface area (Å²) in [5, 5.41) is 6.70. The maximum atomic E-state index is 12.5. The number of hydrogen-bond acceptors (Lipinski definition) is 8. The smallest absolute Gasteiger partial charge is 0.329 e. The van der Waals surface area contributed by atoms with E-state index < -0.39 is 11.8 Å². The minimum absolute atomic E-state index is 0.0859. The first kappa shape index (κ1) is 26.9. The van der Waals surface area contributed by atoms with Crippen LogP contribution in [0.15, 0.2) is 53.6 Å². The number of nitrogens with one attached hydrogen (secondary N) is 2. The molecule has 3 amide bonds. The summed E-state index contributed by atoms with van der Waals surface area (Å²) < 4.78 is 16.4. The Labute approximate surface area is 221 Å². The second-order valence-electron chi connectivity index (χ2n) is 8.95. The second kappa shape index (κ2) is 13.4. The number of carbonyl (C=O) groups excluding carboxylic acids is 3. The van der Waals surface area contributed by atoms with Crippen molar-refractivity contribution in [2.75, 3.05) is 57.9 Å². The average molecular weight is 524 g/mol. The Bertz CT molecular complexity index is 1130. The topological polar surface area (TPSA) is 122 Å². The first-order valence-corrected chi connectivity index (χ1v) is 12.6. The first-order chi connectivity index (χ1) is 18.5. The van der Waals surface area contributed by atoms with Crippen molar-refractivity contribution < 1.29 is 28.6 Å². The Morgan fingerprint density at radius 3 is 2.55 bits per heavy atom. The van der Waals surface area contributed by atoms with Crippen molar-refractivity contribution in [2.24, 2.45) is 5.10 Å². The van der Waals surface area contributed by atoms with Crippen LogP contribution >= 0.6 is 0 Å². The predicted molar refractivity (Wildman–Crippen MR) is 141 cm³/mol. The summed E-state index contributed by atoms with van der Waals surface area (Å²) in [7, 11) is 1.63. The summed E-state index contributed by atoms with van der Waals surface area (Å²) in [5.74, 6) is -0.320. The molecule has 11 nitrogen and oxygen atoms in total. The van der Waals surface area contributed by atoms with Crippen molar-refractivity contribution in [1.29, 1.82) is 0 Å². The largest absolute Gasteiger partial charge is 0.495 e. The van der Waals surface area contributed by atoms with Gasteiger partial charge in [0.05, 0.1) is 25.1 Å². The van der Waals surface area contributed by atoms with Crippen LogP contribution in [-0.2, 0) is 19.1 Å². The van der Waals surface area contributed by atoms with Gasteiger partial charge in [0, 0.05) is 39.3 Å². The molecule has 2 aromatic rings. The third-order valence-electron chi connectivity index (χ3n) is 6.37. The number of anilines is 1. The Morgan fingerprint density at radius 2 is 1.84 bits per heavy atom. The van der Waals surface area contributed by atoms with E-state index in [-0.39, 0.29) is 18.6 Å². The highest BCUT2D eigenvalue weighted by Crippen LogP contribution is 2.28. The van der Waals surface area contributed by atoms with Gasteiger partial charge >= 0.3 is 11.8 Å². The van der Waals surface area contributed by atoms with E-state index in [0.717, 1.165) is 30.9 Å². The molecule has 2 saturated heterocycles. The number of nitrogens with zero attached hydrogens (tertiary/aromatic N) is 3. The summed E-state index contributed by atoms with van der Waals surface area (Å²) in [6.07, 6.45) is 3.50. The van der Waals surface area contributed by atoms with Gasteiger partial charge < -0.3 is 29.3 Å². The number of ether oxygens (including phenoxy) is 3. The van der Waals surface area contributed by atoms with Gasteiger partial charge in [-0.1, -0.05) is 12.1 Å². The molecule has 4 rings (SSSR count). The molecule has 2 fully saturated rings. The van der Waals surface area contributed by atoms with Crippen molar-refractivity contribution >= 4 is 29.6 Å². The van der Waals surface area contributed by atoms with Gasteiger partial charge in [-0.2, -0.15) is 5.10 Å². The Balaban J connectivity index is 1.16. The molecule has 38 heavy (non-hydrogen) atoms. The maximum absolute atomic E-state index is 12.5. The molecule has 0 spiro atoms. The van der Waals surface area contributed by atoms with Crippen LogP contribution in [0.5, 0.6) is 11.5 Å². The van der Waals surface area contributed by atoms with Crippen molar-refractivity contribution in [3.8, 4) is 11.5 Å². The predicted octanol–water partition coefficient (Wildman–Crippen LogP) is 1.17. The van der Waals surface area contributed by atoms with E-state index in [4.69, 9.17) is 14.2 Å². The molecule has 202 valence electrons. The summed E-state index contributed by atoms with van der Waals surface area (Å²) in [5.41, 5.74) is 3.95. The summed E-state index contributed by atoms with van der Waals surface area (Å²) in [6, 6.07) is 14.6. The molecular formula is C27H33N5O6. The van der Waals surface area contributed by atoms with Crippen LogP contribution in [0.4, 0.5) is 5.69 Å². The average Bonchev–Trinajstić information content (AvgIpc) is 3.49. The number of hydrogen-bond donors (Lipinski definition) is 2. The van der Waals surface area contributed by atoms with Crippen LogP contribution in [0, 0.1) is 0 Å². The standard InChI is InChI=1S/C27H33N5O6/c1-36-24-7-3-2-6-23(24)31-12-14-32(15-13-31)27(35)26(34)30-29-17-20-8-10-21(11-9-20)38-19-25(33)28-18-22-5-4-16-37-22/h2-3,6-11,17,22H,4-5,12-16,18-19H2,1H3,(H,28,33)(H,30,34)/b29-17-/t22-/m1/s1. The highest BCUT2D eigenvalue weighted by molar-refractivity contribution is 6.35. The highest BCUT2D eigenvalue weighted by atomic mass is 16.5. The van der Waals surface area contributed by atoms with Crippen molar-refractivity contribution in [3.05, 3.63) is 54.1 Å². The van der Waals surface area contributed by atoms with Gasteiger partial charge in [-0.3, -0.25) is 14.4 Å². The minimum atomic E-state index is -0.791. The van der Waals surface area contributed by atoms with Gasteiger partial charge in [-0.05, 0) is 54.8 Å². The molecule has 0 unspecified atom stereocenters. The van der Waals surface area contributed by atoms with Crippen LogP contribution in [0.2, 0.25) is 0 Å². The normalized spacial score (nSPS) is 17.3. The molecular weight excluding hydrogens is 490 g/mol. The van der Waals surface area contributed by atoms with Crippen LogP contribution in [0.3, 0.4) is 0 Å². The minimum Gasteiger partial charge on any atom is -0.495 e. The van der Waals surface area contributed by atoms with Crippen molar-refractivity contribution in [2.45, 2.75) is 18.9 Å². The fourth-order valence-electron chi connectivity index (χ4n) is 4.28. The van der Waals surface area contributed by atoms with Crippen molar-refractivity contribution in [1.82, 2.24) is 15.6 Å². The molecule has 0 saturated carbocycles. The molecule has 2 aliphatic rings. The van der Waals surface area contributed by atoms with Crippen LogP contribution in [0.25, 0.3) is 0 Å². The Kier molecular flexibility index (Phi) is 9.52. The fourth-order valence-corrected chi connectivity index (χ4v) is 4.28. The third kappa shape index (κ3) is 7.45. The zero-order chi connectivity index (χ0) is 26.7. The first-order valence-electron chi connectivity index (χ1n) is 12.6. The quantitative estimate of drug-likeness (QED) is 0.287. The van der Waals surface area contributed by atoms with E-state index in [9.17, 15) is 14.4 Å². The lowest BCUT2D eigenvalue weighted by molar-refractivity contribution is -0.146. The lowest BCUT2D eigenvalue weighted by Gasteiger charge is -2.36. The summed E-state index contributed by atoms with van der Waals surface area (Å²) >= 11 is 0. The van der Waals surface area contributed by atoms with E-state index >= 15 is 0 Å². The van der Waals surface area contributed by atoms with Crippen molar-refractivity contribution in [3.63, 3.8) is 0 Å². The molecule has 2 aromatic carbocycles. The number of rotatable bonds is 9. The van der Waals surface area contributed by atoms with E-state index in [2.05, 4.69) is 20.7 Å². The lowest BCUT2D eigenvalue weighted by Crippen LogP contribution is -2.52. The maximum Gasteiger partial charge on any atom is 0.329 e. The zero-order valence-corrected chi connectivity index (χ0v) is 21.4. The van der Waals surface area contributed by atoms with Gasteiger partial charge in [0.25, 0.3) is 5.91 Å². The summed E-state index contributed by atoms with van der Waals surface area (Å²) in [6.45, 7) is 3.16.